The molecule has 0 amide bonds. The topological polar surface area (TPSA) is 46.5 Å². The van der Waals surface area contributed by atoms with Crippen LogP contribution in [0.2, 0.25) is 0 Å². The van der Waals surface area contributed by atoms with E-state index in [0.29, 0.717) is 29.6 Å². The van der Waals surface area contributed by atoms with Crippen molar-refractivity contribution in [3.8, 4) is 0 Å². The monoisotopic (exact) mass is 454 g/mol. The van der Waals surface area contributed by atoms with Crippen LogP contribution in [0.4, 0.5) is 0 Å². The molecule has 1 N–H and O–H groups in total. The van der Waals surface area contributed by atoms with Crippen molar-refractivity contribution in [1.29, 1.82) is 0 Å². The Balaban J connectivity index is 1.52. The second-order valence-electron chi connectivity index (χ2n) is 14.8. The van der Waals surface area contributed by atoms with Gasteiger partial charge in [-0.05, 0) is 97.4 Å². The van der Waals surface area contributed by atoms with Gasteiger partial charge in [-0.15, -0.1) is 0 Å². The number of allylic oxidation sites excluding steroid dienone is 1. The van der Waals surface area contributed by atoms with Gasteiger partial charge in [0.05, 0.1) is 11.5 Å². The average Bonchev–Trinajstić information content (AvgIpc) is 2.95. The quantitative estimate of drug-likeness (QED) is 0.334. The fourth-order valence-corrected chi connectivity index (χ4v) is 11.4. The predicted octanol–water partition coefficient (Wildman–Crippen LogP) is 6.54. The maximum Gasteiger partial charge on any atom is 0.313 e. The number of ether oxygens (including phenoxy) is 1. The molecule has 1 saturated heterocycles. The molecule has 184 valence electrons. The fourth-order valence-electron chi connectivity index (χ4n) is 11.4. The minimum atomic E-state index is -0.450. The van der Waals surface area contributed by atoms with E-state index in [9.17, 15) is 9.90 Å². The van der Waals surface area contributed by atoms with Gasteiger partial charge in [-0.25, -0.2) is 0 Å². The molecule has 6 aliphatic rings. The third-order valence-electron chi connectivity index (χ3n) is 13.8. The van der Waals surface area contributed by atoms with E-state index >= 15 is 0 Å². The summed E-state index contributed by atoms with van der Waals surface area (Å²) in [5, 5.41) is 10.9. The zero-order valence-corrected chi connectivity index (χ0v) is 22.0. The number of hydrogen-bond acceptors (Lipinski definition) is 3. The van der Waals surface area contributed by atoms with Crippen LogP contribution < -0.4 is 0 Å². The van der Waals surface area contributed by atoms with Gasteiger partial charge in [-0.2, -0.15) is 0 Å². The lowest BCUT2D eigenvalue weighted by Crippen LogP contribution is -2.71. The van der Waals surface area contributed by atoms with Crippen LogP contribution in [0.3, 0.4) is 0 Å². The molecule has 0 radical (unpaired) electrons. The molecular weight excluding hydrogens is 408 g/mol. The van der Waals surface area contributed by atoms with Gasteiger partial charge in [0, 0.05) is 11.3 Å². The Morgan fingerprint density at radius 1 is 0.939 bits per heavy atom. The molecule has 0 aromatic carbocycles. The lowest BCUT2D eigenvalue weighted by atomic mass is 9.32. The van der Waals surface area contributed by atoms with Gasteiger partial charge < -0.3 is 9.84 Å². The molecule has 3 nitrogen and oxygen atoms in total. The first kappa shape index (κ1) is 22.6. The summed E-state index contributed by atoms with van der Waals surface area (Å²) in [4.78, 5) is 13.6. The molecule has 11 atom stereocenters. The van der Waals surface area contributed by atoms with E-state index in [4.69, 9.17) is 4.74 Å². The first-order chi connectivity index (χ1) is 15.3. The van der Waals surface area contributed by atoms with Crippen molar-refractivity contribution < 1.29 is 14.6 Å². The summed E-state index contributed by atoms with van der Waals surface area (Å²) in [5.74, 6) is 2.56. The van der Waals surface area contributed by atoms with Crippen molar-refractivity contribution in [2.45, 2.75) is 112 Å². The highest BCUT2D eigenvalue weighted by Gasteiger charge is 2.80. The normalized spacial score (nSPS) is 60.8. The Labute approximate surface area is 201 Å². The van der Waals surface area contributed by atoms with E-state index in [1.807, 2.05) is 0 Å². The Bertz CT molecular complexity index is 922. The van der Waals surface area contributed by atoms with Crippen molar-refractivity contribution in [3.63, 3.8) is 0 Å². The van der Waals surface area contributed by atoms with Gasteiger partial charge in [0.15, 0.2) is 0 Å². The molecular formula is C30H46O3. The van der Waals surface area contributed by atoms with E-state index in [-0.39, 0.29) is 39.1 Å². The highest BCUT2D eigenvalue weighted by atomic mass is 16.6. The molecule has 0 aromatic heterocycles. The number of hydrogen-bond donors (Lipinski definition) is 1. The summed E-state index contributed by atoms with van der Waals surface area (Å²) in [7, 11) is 0. The van der Waals surface area contributed by atoms with Gasteiger partial charge in [0.1, 0.15) is 5.60 Å². The third kappa shape index (κ3) is 2.23. The first-order valence-electron chi connectivity index (χ1n) is 13.9. The fraction of sp³-hybridized carbons (Fsp3) is 0.900. The lowest BCUT2D eigenvalue weighted by Gasteiger charge is -2.72. The number of aliphatic hydroxyl groups is 1. The number of carbonyl (C=O) groups excluding carboxylic acids is 1. The third-order valence-corrected chi connectivity index (χ3v) is 13.8. The van der Waals surface area contributed by atoms with Crippen molar-refractivity contribution in [2.24, 2.45) is 56.7 Å². The Morgan fingerprint density at radius 2 is 1.67 bits per heavy atom. The molecule has 0 aromatic rings. The minimum absolute atomic E-state index is 0.0424. The second-order valence-corrected chi connectivity index (χ2v) is 14.8. The van der Waals surface area contributed by atoms with Gasteiger partial charge in [-0.3, -0.25) is 4.79 Å². The van der Waals surface area contributed by atoms with Crippen molar-refractivity contribution in [2.75, 3.05) is 0 Å². The molecule has 6 rings (SSSR count). The second kappa shape index (κ2) is 6.29. The Hall–Kier alpha value is -0.830. The molecule has 3 unspecified atom stereocenters. The molecule has 4 saturated carbocycles. The van der Waals surface area contributed by atoms with Crippen molar-refractivity contribution in [1.82, 2.24) is 0 Å². The maximum absolute atomic E-state index is 13.6. The number of aliphatic hydroxyl groups excluding tert-OH is 1. The number of carbonyl (C=O) groups is 1. The summed E-state index contributed by atoms with van der Waals surface area (Å²) in [6.45, 7) is 17.0. The van der Waals surface area contributed by atoms with Crippen LogP contribution in [-0.4, -0.2) is 22.8 Å². The molecule has 33 heavy (non-hydrogen) atoms. The van der Waals surface area contributed by atoms with Gasteiger partial charge in [-0.1, -0.05) is 54.5 Å². The van der Waals surface area contributed by atoms with Crippen LogP contribution in [-0.2, 0) is 9.53 Å². The lowest BCUT2D eigenvalue weighted by molar-refractivity contribution is -0.245. The van der Waals surface area contributed by atoms with Crippen LogP contribution in [0.1, 0.15) is 99.8 Å². The van der Waals surface area contributed by atoms with Crippen molar-refractivity contribution in [3.05, 3.63) is 12.2 Å². The van der Waals surface area contributed by atoms with Crippen LogP contribution in [0.25, 0.3) is 0 Å². The molecule has 3 heteroatoms. The van der Waals surface area contributed by atoms with E-state index in [0.717, 1.165) is 44.9 Å². The van der Waals surface area contributed by atoms with E-state index in [1.165, 1.54) is 6.42 Å². The first-order valence-corrected chi connectivity index (χ1v) is 13.9. The summed E-state index contributed by atoms with van der Waals surface area (Å²) < 4.78 is 6.71. The Morgan fingerprint density at radius 3 is 2.39 bits per heavy atom. The predicted molar refractivity (Wildman–Crippen MR) is 130 cm³/mol. The number of esters is 1. The Kier molecular flexibility index (Phi) is 4.31. The minimum Gasteiger partial charge on any atom is -0.453 e. The highest BCUT2D eigenvalue weighted by molar-refractivity contribution is 5.82. The smallest absolute Gasteiger partial charge is 0.313 e. The van der Waals surface area contributed by atoms with Crippen LogP contribution in [0.15, 0.2) is 12.2 Å². The molecule has 1 spiro atoms. The van der Waals surface area contributed by atoms with Crippen LogP contribution in [0, 0.1) is 56.7 Å². The average molecular weight is 455 g/mol. The summed E-state index contributed by atoms with van der Waals surface area (Å²) in [6, 6.07) is 0. The molecule has 1 aliphatic heterocycles. The van der Waals surface area contributed by atoms with Crippen LogP contribution in [0.5, 0.6) is 0 Å². The summed E-state index contributed by atoms with van der Waals surface area (Å²) in [6.07, 6.45) is 13.4. The SMILES string of the molecule is C[C@H]1[C@H](C)CC[C@@]23CC[C@]4(C)C(C=C[C@@H]5[C@@]6(C)CCC(O)C(C)(C)C6CC[C@]54C)(OC2=O)[C@H]13. The van der Waals surface area contributed by atoms with E-state index in [2.05, 4.69) is 60.6 Å². The zero-order valence-electron chi connectivity index (χ0n) is 22.0. The van der Waals surface area contributed by atoms with Crippen LogP contribution >= 0.6 is 0 Å². The largest absolute Gasteiger partial charge is 0.453 e. The summed E-state index contributed by atoms with van der Waals surface area (Å²) >= 11 is 0. The molecule has 5 fully saturated rings. The zero-order chi connectivity index (χ0) is 23.8. The van der Waals surface area contributed by atoms with E-state index in [1.54, 1.807) is 0 Å². The van der Waals surface area contributed by atoms with Gasteiger partial charge in [0.2, 0.25) is 0 Å². The van der Waals surface area contributed by atoms with Gasteiger partial charge in [0.25, 0.3) is 0 Å². The number of fused-ring (bicyclic) bond motifs is 4. The van der Waals surface area contributed by atoms with E-state index < -0.39 is 5.60 Å². The highest BCUT2D eigenvalue weighted by Crippen LogP contribution is 2.79. The summed E-state index contributed by atoms with van der Waals surface area (Å²) in [5.41, 5.74) is -0.514. The standard InChI is InChI=1S/C30H46O3/c1-18-8-14-29-17-16-28(7)27(6)13-9-20-25(3,4)22(31)11-12-26(20,5)21(27)10-15-30(28,33-24(29)32)23(29)19(18)2/h10,15,18-23,31H,8-9,11-14,16-17H2,1-7H3/t18-,19+,20?,21-,22?,23-,26+,27-,28+,29+,30?/m1/s1. The molecule has 5 aliphatic carbocycles. The molecule has 2 bridgehead atoms. The maximum atomic E-state index is 13.6. The van der Waals surface area contributed by atoms with Crippen molar-refractivity contribution >= 4 is 5.97 Å². The number of rotatable bonds is 0. The van der Waals surface area contributed by atoms with Gasteiger partial charge >= 0.3 is 5.97 Å². The molecule has 1 heterocycles.